The van der Waals surface area contributed by atoms with Gasteiger partial charge in [0.2, 0.25) is 0 Å². The topological polar surface area (TPSA) is 61.0 Å². The van der Waals surface area contributed by atoms with Gasteiger partial charge in [-0.1, -0.05) is 115 Å². The molecule has 0 bridgehead atoms. The number of furan rings is 1. The van der Waals surface area contributed by atoms with E-state index in [1.807, 2.05) is 54.6 Å². The molecule has 0 amide bonds. The molecule has 0 saturated heterocycles. The minimum atomic E-state index is 0.590. The maximum Gasteiger partial charge on any atom is 0.164 e. The molecular weight excluding hydrogens is 679 g/mol. The van der Waals surface area contributed by atoms with E-state index in [0.29, 0.717) is 17.5 Å². The van der Waals surface area contributed by atoms with Crippen LogP contribution in [-0.2, 0) is 0 Å². The molecule has 0 saturated carbocycles. The van der Waals surface area contributed by atoms with Gasteiger partial charge in [0.1, 0.15) is 22.7 Å². The second-order valence-corrected chi connectivity index (χ2v) is 15.0. The Morgan fingerprint density at radius 2 is 1.10 bits per heavy atom. The van der Waals surface area contributed by atoms with Crippen molar-refractivity contribution in [1.82, 2.24) is 15.0 Å². The number of para-hydroxylation sites is 2. The summed E-state index contributed by atoms with van der Waals surface area (Å²) in [6.45, 7) is 0. The first-order valence-corrected chi connectivity index (χ1v) is 18.6. The molecule has 10 aromatic rings. The SMILES string of the molecule is c1ccc(-c2nc(-c3ccc4c(c3)oc3c(-c5ccc6c(c5)Oc5ccccc5S6)cccc34)nc(-c3ccc4c(c3)sc3ccccc34)n2)cc1. The molecule has 4 heterocycles. The van der Waals surface area contributed by atoms with Gasteiger partial charge in [-0.25, -0.2) is 15.0 Å². The first-order chi connectivity index (χ1) is 25.7. The summed E-state index contributed by atoms with van der Waals surface area (Å²) in [4.78, 5) is 17.3. The highest BCUT2D eigenvalue weighted by atomic mass is 32.2. The Kier molecular flexibility index (Phi) is 6.59. The van der Waals surface area contributed by atoms with Crippen molar-refractivity contribution in [2.75, 3.05) is 0 Å². The molecule has 7 aromatic carbocycles. The predicted octanol–water partition coefficient (Wildman–Crippen LogP) is 13.1. The third-order valence-electron chi connectivity index (χ3n) is 9.61. The highest BCUT2D eigenvalue weighted by Gasteiger charge is 2.21. The lowest BCUT2D eigenvalue weighted by atomic mass is 10.0. The average Bonchev–Trinajstić information content (AvgIpc) is 3.77. The summed E-state index contributed by atoms with van der Waals surface area (Å²) in [5, 5.41) is 4.59. The summed E-state index contributed by atoms with van der Waals surface area (Å²) in [5.74, 6) is 3.57. The summed E-state index contributed by atoms with van der Waals surface area (Å²) in [6.07, 6.45) is 0. The second kappa shape index (κ2) is 11.6. The molecule has 7 heteroatoms. The number of benzene rings is 7. The summed E-state index contributed by atoms with van der Waals surface area (Å²) < 4.78 is 15.5. The lowest BCUT2D eigenvalue weighted by Gasteiger charge is -2.20. The maximum atomic E-state index is 6.69. The molecule has 52 heavy (non-hydrogen) atoms. The van der Waals surface area contributed by atoms with E-state index < -0.39 is 0 Å². The first-order valence-electron chi connectivity index (χ1n) is 17.0. The standard InChI is InChI=1S/C45H25N3O2S2/c1-2-9-26(10-3-1)43-46-44(48-45(47-43)29-18-21-33-32-11-4-6-15-38(32)51-41(33)25-29)28-17-20-31-34-13-8-12-30(42(34)50-36(31)24-28)27-19-22-40-37(23-27)49-35-14-5-7-16-39(35)52-40/h1-25H. The fourth-order valence-electron chi connectivity index (χ4n) is 7.08. The third-order valence-corrected chi connectivity index (χ3v) is 11.9. The van der Waals surface area contributed by atoms with Gasteiger partial charge in [0.25, 0.3) is 0 Å². The summed E-state index contributed by atoms with van der Waals surface area (Å²) in [6, 6.07) is 52.2. The third kappa shape index (κ3) is 4.82. The van der Waals surface area contributed by atoms with Gasteiger partial charge in [-0.15, -0.1) is 11.3 Å². The van der Waals surface area contributed by atoms with Crippen molar-refractivity contribution in [3.05, 3.63) is 152 Å². The van der Waals surface area contributed by atoms with Crippen LogP contribution in [0.3, 0.4) is 0 Å². The van der Waals surface area contributed by atoms with Gasteiger partial charge in [-0.3, -0.25) is 0 Å². The Labute approximate surface area is 306 Å². The number of fused-ring (bicyclic) bond motifs is 8. The van der Waals surface area contributed by atoms with Crippen LogP contribution in [0.5, 0.6) is 11.5 Å². The van der Waals surface area contributed by atoms with Gasteiger partial charge in [0.15, 0.2) is 17.5 Å². The van der Waals surface area contributed by atoms with Crippen molar-refractivity contribution in [2.24, 2.45) is 0 Å². The number of hydrogen-bond acceptors (Lipinski definition) is 7. The Morgan fingerprint density at radius 3 is 1.98 bits per heavy atom. The van der Waals surface area contributed by atoms with Crippen molar-refractivity contribution >= 4 is 65.2 Å². The van der Waals surface area contributed by atoms with Crippen LogP contribution in [0.1, 0.15) is 0 Å². The zero-order valence-electron chi connectivity index (χ0n) is 27.4. The average molecular weight is 704 g/mol. The van der Waals surface area contributed by atoms with Crippen LogP contribution in [-0.4, -0.2) is 15.0 Å². The maximum absolute atomic E-state index is 6.69. The second-order valence-electron chi connectivity index (χ2n) is 12.8. The molecular formula is C45H25N3O2S2. The first kappa shape index (κ1) is 29.5. The van der Waals surface area contributed by atoms with Crippen LogP contribution in [0.25, 0.3) is 87.4 Å². The monoisotopic (exact) mass is 703 g/mol. The van der Waals surface area contributed by atoms with Crippen LogP contribution >= 0.6 is 23.1 Å². The van der Waals surface area contributed by atoms with Gasteiger partial charge in [0, 0.05) is 53.2 Å². The largest absolute Gasteiger partial charge is 0.455 e. The molecule has 0 N–H and O–H groups in total. The fourth-order valence-corrected chi connectivity index (χ4v) is 9.15. The molecule has 0 unspecified atom stereocenters. The van der Waals surface area contributed by atoms with Crippen LogP contribution in [0, 0.1) is 0 Å². The molecule has 0 spiro atoms. The Hall–Kier alpha value is -6.28. The normalized spacial score (nSPS) is 12.3. The van der Waals surface area contributed by atoms with Gasteiger partial charge < -0.3 is 9.15 Å². The van der Waals surface area contributed by atoms with Crippen molar-refractivity contribution < 1.29 is 9.15 Å². The van der Waals surface area contributed by atoms with Gasteiger partial charge in [0.05, 0.1) is 9.79 Å². The van der Waals surface area contributed by atoms with Crippen LogP contribution in [0.15, 0.2) is 166 Å². The van der Waals surface area contributed by atoms with E-state index in [9.17, 15) is 0 Å². The Bertz CT molecular complexity index is 3040. The van der Waals surface area contributed by atoms with Crippen LogP contribution < -0.4 is 4.74 Å². The molecule has 0 radical (unpaired) electrons. The van der Waals surface area contributed by atoms with Crippen molar-refractivity contribution in [3.63, 3.8) is 0 Å². The van der Waals surface area contributed by atoms with E-state index in [0.717, 1.165) is 71.0 Å². The zero-order valence-corrected chi connectivity index (χ0v) is 29.0. The lowest BCUT2D eigenvalue weighted by molar-refractivity contribution is 0.455. The minimum Gasteiger partial charge on any atom is -0.455 e. The van der Waals surface area contributed by atoms with Crippen molar-refractivity contribution in [1.29, 1.82) is 0 Å². The molecule has 0 aliphatic carbocycles. The van der Waals surface area contributed by atoms with Gasteiger partial charge in [-0.2, -0.15) is 0 Å². The molecule has 5 nitrogen and oxygen atoms in total. The summed E-state index contributed by atoms with van der Waals surface area (Å²) in [5.41, 5.74) is 6.38. The lowest BCUT2D eigenvalue weighted by Crippen LogP contribution is -2.00. The zero-order chi connectivity index (χ0) is 34.2. The van der Waals surface area contributed by atoms with Crippen LogP contribution in [0.4, 0.5) is 0 Å². The van der Waals surface area contributed by atoms with Gasteiger partial charge >= 0.3 is 0 Å². The molecule has 3 aromatic heterocycles. The molecule has 1 aliphatic rings. The Balaban J connectivity index is 1.02. The van der Waals surface area contributed by atoms with E-state index in [4.69, 9.17) is 24.1 Å². The smallest absolute Gasteiger partial charge is 0.164 e. The minimum absolute atomic E-state index is 0.590. The number of rotatable bonds is 4. The molecule has 244 valence electrons. The number of aromatic nitrogens is 3. The highest BCUT2D eigenvalue weighted by Crippen LogP contribution is 2.48. The Morgan fingerprint density at radius 1 is 0.423 bits per heavy atom. The summed E-state index contributed by atoms with van der Waals surface area (Å²) >= 11 is 3.52. The molecule has 1 aliphatic heterocycles. The molecule has 11 rings (SSSR count). The number of ether oxygens (including phenoxy) is 1. The van der Waals surface area contributed by atoms with Crippen molar-refractivity contribution in [2.45, 2.75) is 9.79 Å². The molecule has 0 atom stereocenters. The van der Waals surface area contributed by atoms with E-state index >= 15 is 0 Å². The number of nitrogens with zero attached hydrogens (tertiary/aromatic N) is 3. The quantitative estimate of drug-likeness (QED) is 0.182. The van der Waals surface area contributed by atoms with E-state index in [2.05, 4.69) is 97.1 Å². The number of hydrogen-bond donors (Lipinski definition) is 0. The predicted molar refractivity (Wildman–Crippen MR) is 212 cm³/mol. The van der Waals surface area contributed by atoms with E-state index in [1.54, 1.807) is 23.1 Å². The van der Waals surface area contributed by atoms with E-state index in [-0.39, 0.29) is 0 Å². The fraction of sp³-hybridized carbons (Fsp3) is 0. The van der Waals surface area contributed by atoms with Gasteiger partial charge in [-0.05, 0) is 54.1 Å². The highest BCUT2D eigenvalue weighted by molar-refractivity contribution is 7.99. The van der Waals surface area contributed by atoms with Crippen molar-refractivity contribution in [3.8, 4) is 56.8 Å². The summed E-state index contributed by atoms with van der Waals surface area (Å²) in [7, 11) is 0. The van der Waals surface area contributed by atoms with E-state index in [1.165, 1.54) is 20.2 Å². The molecule has 0 fully saturated rings. The van der Waals surface area contributed by atoms with Crippen LogP contribution in [0.2, 0.25) is 0 Å². The number of thiophene rings is 1.